The molecule has 0 aliphatic rings. The van der Waals surface area contributed by atoms with Crippen LogP contribution < -0.4 is 0 Å². The second kappa shape index (κ2) is 6.37. The first-order chi connectivity index (χ1) is 9.81. The van der Waals surface area contributed by atoms with Crippen LogP contribution in [0.5, 0.6) is 0 Å². The van der Waals surface area contributed by atoms with E-state index in [9.17, 15) is 4.79 Å². The van der Waals surface area contributed by atoms with E-state index in [-0.39, 0.29) is 0 Å². The Bertz CT molecular complexity index is 664. The minimum absolute atomic E-state index is 0.393. The topological polar surface area (TPSA) is 57.0 Å². The highest BCUT2D eigenvalue weighted by Gasteiger charge is 2.15. The molecule has 0 aliphatic carbocycles. The highest BCUT2D eigenvalue weighted by Crippen LogP contribution is 2.21. The van der Waals surface area contributed by atoms with Gasteiger partial charge in [0.2, 0.25) is 0 Å². The first-order valence-corrected chi connectivity index (χ1v) is 11.4. The van der Waals surface area contributed by atoms with E-state index in [0.717, 1.165) is 24.6 Å². The third kappa shape index (κ3) is 3.99. The quantitative estimate of drug-likeness (QED) is 0.443. The summed E-state index contributed by atoms with van der Waals surface area (Å²) in [4.78, 5) is 20.0. The molecule has 0 N–H and O–H groups in total. The first kappa shape index (κ1) is 16.3. The summed E-state index contributed by atoms with van der Waals surface area (Å²) >= 11 is 3.35. The second-order valence-electron chi connectivity index (χ2n) is 6.29. The molecule has 7 heteroatoms. The van der Waals surface area contributed by atoms with Gasteiger partial charge in [0, 0.05) is 20.9 Å². The Hall–Kier alpha value is -1.05. The van der Waals surface area contributed by atoms with Gasteiger partial charge in [-0.15, -0.1) is 0 Å². The summed E-state index contributed by atoms with van der Waals surface area (Å²) in [6, 6.07) is 1.11. The number of halogens is 1. The molecule has 0 amide bonds. The number of fused-ring (bicyclic) bond motifs is 1. The van der Waals surface area contributed by atoms with E-state index in [1.54, 1.807) is 6.20 Å². The molecule has 0 fully saturated rings. The Labute approximate surface area is 133 Å². The van der Waals surface area contributed by atoms with Crippen LogP contribution in [-0.2, 0) is 11.5 Å². The van der Waals surface area contributed by atoms with Crippen molar-refractivity contribution >= 4 is 41.5 Å². The smallest absolute Gasteiger partial charge is 0.161 e. The molecule has 21 heavy (non-hydrogen) atoms. The standard InChI is InChI=1S/C14H20BrN3O2Si/c1-10-13(15)17-12-11(8-19)7-18(14(12)16-10)9-20-5-6-21(2,3)4/h7-8H,5-6,9H2,1-4H3. The molecule has 0 bridgehead atoms. The van der Waals surface area contributed by atoms with Gasteiger partial charge >= 0.3 is 0 Å². The number of carbonyl (C=O) groups is 1. The van der Waals surface area contributed by atoms with Gasteiger partial charge in [-0.05, 0) is 28.9 Å². The zero-order valence-electron chi connectivity index (χ0n) is 12.8. The number of ether oxygens (including phenoxy) is 1. The molecule has 0 saturated carbocycles. The van der Waals surface area contributed by atoms with E-state index in [1.807, 2.05) is 11.5 Å². The fourth-order valence-electron chi connectivity index (χ4n) is 1.90. The van der Waals surface area contributed by atoms with Crippen LogP contribution in [0.25, 0.3) is 11.2 Å². The molecule has 0 radical (unpaired) electrons. The van der Waals surface area contributed by atoms with Gasteiger partial charge in [-0.1, -0.05) is 19.6 Å². The number of nitrogens with zero attached hydrogens (tertiary/aromatic N) is 3. The van der Waals surface area contributed by atoms with E-state index < -0.39 is 8.07 Å². The molecule has 0 spiro atoms. The normalized spacial score (nSPS) is 12.0. The van der Waals surface area contributed by atoms with Gasteiger partial charge in [-0.25, -0.2) is 9.97 Å². The van der Waals surface area contributed by atoms with E-state index in [0.29, 0.717) is 28.1 Å². The zero-order valence-corrected chi connectivity index (χ0v) is 15.4. The van der Waals surface area contributed by atoms with Crippen molar-refractivity contribution < 1.29 is 9.53 Å². The lowest BCUT2D eigenvalue weighted by Gasteiger charge is -2.15. The van der Waals surface area contributed by atoms with Crippen LogP contribution in [0, 0.1) is 6.92 Å². The molecule has 0 saturated heterocycles. The van der Waals surface area contributed by atoms with E-state index in [2.05, 4.69) is 45.5 Å². The van der Waals surface area contributed by atoms with Crippen molar-refractivity contribution in [3.8, 4) is 0 Å². The van der Waals surface area contributed by atoms with Crippen molar-refractivity contribution in [2.24, 2.45) is 0 Å². The van der Waals surface area contributed by atoms with Gasteiger partial charge < -0.3 is 9.30 Å². The average Bonchev–Trinajstić information content (AvgIpc) is 2.72. The minimum atomic E-state index is -1.09. The summed E-state index contributed by atoms with van der Waals surface area (Å²) in [5.41, 5.74) is 2.62. The van der Waals surface area contributed by atoms with Gasteiger partial charge in [0.15, 0.2) is 11.9 Å². The molecule has 0 aromatic carbocycles. The maximum Gasteiger partial charge on any atom is 0.161 e. The van der Waals surface area contributed by atoms with Crippen LogP contribution in [0.3, 0.4) is 0 Å². The van der Waals surface area contributed by atoms with Crippen molar-refractivity contribution in [2.45, 2.75) is 39.3 Å². The van der Waals surface area contributed by atoms with Crippen LogP contribution in [0.4, 0.5) is 0 Å². The Kier molecular flexibility index (Phi) is 4.95. The molecule has 5 nitrogen and oxygen atoms in total. The summed E-state index contributed by atoms with van der Waals surface area (Å²) in [6.07, 6.45) is 2.55. The van der Waals surface area contributed by atoms with Crippen molar-refractivity contribution in [1.82, 2.24) is 14.5 Å². The van der Waals surface area contributed by atoms with Crippen molar-refractivity contribution in [1.29, 1.82) is 0 Å². The highest BCUT2D eigenvalue weighted by atomic mass is 79.9. The number of hydrogen-bond donors (Lipinski definition) is 0. The molecule has 114 valence electrons. The lowest BCUT2D eigenvalue weighted by Crippen LogP contribution is -2.22. The molecule has 2 rings (SSSR count). The Morgan fingerprint density at radius 1 is 1.38 bits per heavy atom. The van der Waals surface area contributed by atoms with E-state index in [1.165, 1.54) is 0 Å². The van der Waals surface area contributed by atoms with Crippen molar-refractivity contribution in [2.75, 3.05) is 6.61 Å². The number of carbonyl (C=O) groups excluding carboxylic acids is 1. The van der Waals surface area contributed by atoms with Crippen LogP contribution in [-0.4, -0.2) is 35.5 Å². The van der Waals surface area contributed by atoms with E-state index >= 15 is 0 Å². The summed E-state index contributed by atoms with van der Waals surface area (Å²) < 4.78 is 8.24. The number of aromatic nitrogens is 3. The largest absolute Gasteiger partial charge is 0.361 e. The monoisotopic (exact) mass is 369 g/mol. The zero-order chi connectivity index (χ0) is 15.6. The SMILES string of the molecule is Cc1nc2c(nc1Br)c(C=O)cn2COCC[Si](C)(C)C. The van der Waals surface area contributed by atoms with Gasteiger partial charge in [-0.2, -0.15) is 0 Å². The molecular formula is C14H20BrN3O2Si. The minimum Gasteiger partial charge on any atom is -0.361 e. The Morgan fingerprint density at radius 2 is 2.10 bits per heavy atom. The Morgan fingerprint density at radius 3 is 2.71 bits per heavy atom. The molecule has 2 aromatic heterocycles. The molecule has 0 atom stereocenters. The van der Waals surface area contributed by atoms with Gasteiger partial charge in [-0.3, -0.25) is 4.79 Å². The number of rotatable bonds is 6. The molecule has 2 heterocycles. The summed E-state index contributed by atoms with van der Waals surface area (Å²) in [5, 5.41) is 0. The lowest BCUT2D eigenvalue weighted by atomic mass is 10.3. The molecule has 0 unspecified atom stereocenters. The summed E-state index contributed by atoms with van der Waals surface area (Å²) in [6.45, 7) is 9.95. The van der Waals surface area contributed by atoms with Gasteiger partial charge in [0.25, 0.3) is 0 Å². The lowest BCUT2D eigenvalue weighted by molar-refractivity contribution is 0.0897. The predicted molar refractivity (Wildman–Crippen MR) is 89.5 cm³/mol. The molecule has 0 aliphatic heterocycles. The van der Waals surface area contributed by atoms with Crippen LogP contribution >= 0.6 is 15.9 Å². The van der Waals surface area contributed by atoms with Crippen molar-refractivity contribution in [3.05, 3.63) is 22.1 Å². The van der Waals surface area contributed by atoms with Crippen LogP contribution in [0.1, 0.15) is 16.1 Å². The third-order valence-electron chi connectivity index (χ3n) is 3.19. The fraction of sp³-hybridized carbons (Fsp3) is 0.500. The predicted octanol–water partition coefficient (Wildman–Crippen LogP) is 3.63. The van der Waals surface area contributed by atoms with Gasteiger partial charge in [0.1, 0.15) is 16.9 Å². The first-order valence-electron chi connectivity index (χ1n) is 6.88. The van der Waals surface area contributed by atoms with E-state index in [4.69, 9.17) is 4.74 Å². The average molecular weight is 370 g/mol. The highest BCUT2D eigenvalue weighted by molar-refractivity contribution is 9.10. The maximum atomic E-state index is 11.2. The summed E-state index contributed by atoms with van der Waals surface area (Å²) in [7, 11) is -1.09. The maximum absolute atomic E-state index is 11.2. The number of hydrogen-bond acceptors (Lipinski definition) is 4. The van der Waals surface area contributed by atoms with Crippen LogP contribution in [0.15, 0.2) is 10.8 Å². The summed E-state index contributed by atoms with van der Waals surface area (Å²) in [5.74, 6) is 0. The van der Waals surface area contributed by atoms with Crippen molar-refractivity contribution in [3.63, 3.8) is 0 Å². The third-order valence-corrected chi connectivity index (χ3v) is 5.64. The molecule has 2 aromatic rings. The van der Waals surface area contributed by atoms with Gasteiger partial charge in [0.05, 0.1) is 11.3 Å². The number of aryl methyl sites for hydroxylation is 1. The fourth-order valence-corrected chi connectivity index (χ4v) is 2.92. The Balaban J connectivity index is 2.20. The number of aldehydes is 1. The second-order valence-corrected chi connectivity index (χ2v) is 12.7. The van der Waals surface area contributed by atoms with Crippen LogP contribution in [0.2, 0.25) is 25.7 Å². The molecular weight excluding hydrogens is 350 g/mol.